The van der Waals surface area contributed by atoms with E-state index in [1.165, 1.54) is 18.7 Å². The molecule has 1 saturated heterocycles. The second-order valence-corrected chi connectivity index (χ2v) is 6.07. The van der Waals surface area contributed by atoms with Gasteiger partial charge in [-0.2, -0.15) is 5.10 Å². The summed E-state index contributed by atoms with van der Waals surface area (Å²) >= 11 is 0. The first-order chi connectivity index (χ1) is 11.1. The van der Waals surface area contributed by atoms with Crippen LogP contribution in [0.4, 0.5) is 11.6 Å². The molecule has 0 atom stereocenters. The third-order valence-corrected chi connectivity index (χ3v) is 4.14. The van der Waals surface area contributed by atoms with Gasteiger partial charge in [-0.3, -0.25) is 0 Å². The molecule has 1 aliphatic rings. The van der Waals surface area contributed by atoms with Crippen molar-refractivity contribution in [3.8, 4) is 0 Å². The summed E-state index contributed by atoms with van der Waals surface area (Å²) in [5.41, 5.74) is 8.96. The van der Waals surface area contributed by atoms with Crippen molar-refractivity contribution in [1.82, 2.24) is 14.6 Å². The van der Waals surface area contributed by atoms with Crippen LogP contribution in [0.2, 0.25) is 0 Å². The highest BCUT2D eigenvalue weighted by atomic mass is 15.4. The fourth-order valence-corrected chi connectivity index (χ4v) is 2.80. The minimum Gasteiger partial charge on any atom is -0.370 e. The molecule has 0 amide bonds. The first kappa shape index (κ1) is 15.6. The summed E-state index contributed by atoms with van der Waals surface area (Å²) in [6.45, 7) is 6.38. The molecule has 6 heteroatoms. The molecule has 1 aromatic carbocycles. The molecule has 2 heterocycles. The van der Waals surface area contributed by atoms with Gasteiger partial charge in [0, 0.05) is 25.3 Å². The lowest BCUT2D eigenvalue weighted by atomic mass is 10.2. The number of hydrogen-bond acceptors (Lipinski definition) is 5. The van der Waals surface area contributed by atoms with E-state index in [4.69, 9.17) is 5.73 Å². The zero-order valence-electron chi connectivity index (χ0n) is 13.8. The molecule has 122 valence electrons. The standard InChI is InChI=1S/C17H24N6/c1-14-13-23(17(18)20-14)19-12-15-4-6-16(7-5-15)22-9-3-8-21(2)10-11-22/h4-7,12-13H,3,8-11H2,1-2H3,(H2,18,20). The van der Waals surface area contributed by atoms with Crippen molar-refractivity contribution >= 4 is 17.9 Å². The number of imidazole rings is 1. The van der Waals surface area contributed by atoms with Crippen molar-refractivity contribution in [3.63, 3.8) is 0 Å². The van der Waals surface area contributed by atoms with E-state index in [0.29, 0.717) is 5.95 Å². The number of aromatic nitrogens is 2. The predicted molar refractivity (Wildman–Crippen MR) is 95.1 cm³/mol. The van der Waals surface area contributed by atoms with Crippen LogP contribution in [-0.2, 0) is 0 Å². The van der Waals surface area contributed by atoms with Crippen LogP contribution in [0.1, 0.15) is 17.7 Å². The first-order valence-electron chi connectivity index (χ1n) is 8.01. The second kappa shape index (κ2) is 6.83. The van der Waals surface area contributed by atoms with E-state index >= 15 is 0 Å². The van der Waals surface area contributed by atoms with Crippen molar-refractivity contribution in [2.24, 2.45) is 5.10 Å². The number of nitrogens with two attached hydrogens (primary N) is 1. The molecule has 1 fully saturated rings. The molecule has 0 saturated carbocycles. The predicted octanol–water partition coefficient (Wildman–Crippen LogP) is 1.80. The van der Waals surface area contributed by atoms with E-state index in [9.17, 15) is 0 Å². The Morgan fingerprint density at radius 3 is 2.61 bits per heavy atom. The topological polar surface area (TPSA) is 62.7 Å². The van der Waals surface area contributed by atoms with Crippen molar-refractivity contribution in [3.05, 3.63) is 41.7 Å². The number of hydrogen-bond donors (Lipinski definition) is 1. The lowest BCUT2D eigenvalue weighted by molar-refractivity contribution is 0.360. The maximum atomic E-state index is 5.78. The highest BCUT2D eigenvalue weighted by Crippen LogP contribution is 2.17. The Hall–Kier alpha value is -2.34. The summed E-state index contributed by atoms with van der Waals surface area (Å²) in [7, 11) is 2.19. The maximum Gasteiger partial charge on any atom is 0.221 e. The van der Waals surface area contributed by atoms with Gasteiger partial charge in [0.1, 0.15) is 0 Å². The molecule has 0 radical (unpaired) electrons. The second-order valence-electron chi connectivity index (χ2n) is 6.07. The van der Waals surface area contributed by atoms with E-state index in [1.807, 2.05) is 13.1 Å². The van der Waals surface area contributed by atoms with Gasteiger partial charge in [-0.1, -0.05) is 12.1 Å². The quantitative estimate of drug-likeness (QED) is 0.878. The summed E-state index contributed by atoms with van der Waals surface area (Å²) in [4.78, 5) is 8.96. The Morgan fingerprint density at radius 2 is 1.91 bits per heavy atom. The molecule has 0 unspecified atom stereocenters. The summed E-state index contributed by atoms with van der Waals surface area (Å²) in [6.07, 6.45) is 4.82. The molecular formula is C17H24N6. The minimum atomic E-state index is 0.407. The van der Waals surface area contributed by atoms with Crippen LogP contribution in [0, 0.1) is 6.92 Å². The number of nitrogen functional groups attached to an aromatic ring is 1. The van der Waals surface area contributed by atoms with Crippen molar-refractivity contribution in [2.75, 3.05) is 43.9 Å². The van der Waals surface area contributed by atoms with Crippen LogP contribution in [0.15, 0.2) is 35.6 Å². The smallest absolute Gasteiger partial charge is 0.221 e. The number of likely N-dealkylation sites (N-methyl/N-ethyl adjacent to an activating group) is 1. The Kier molecular flexibility index (Phi) is 4.62. The Labute approximate surface area is 137 Å². The largest absolute Gasteiger partial charge is 0.370 e. The van der Waals surface area contributed by atoms with Crippen LogP contribution in [0.25, 0.3) is 0 Å². The van der Waals surface area contributed by atoms with Gasteiger partial charge >= 0.3 is 0 Å². The van der Waals surface area contributed by atoms with Gasteiger partial charge in [0.05, 0.1) is 18.1 Å². The molecule has 3 rings (SSSR count). The normalized spacial score (nSPS) is 16.9. The summed E-state index contributed by atoms with van der Waals surface area (Å²) in [6, 6.07) is 8.51. The molecule has 2 N–H and O–H groups in total. The zero-order valence-corrected chi connectivity index (χ0v) is 13.8. The van der Waals surface area contributed by atoms with Gasteiger partial charge in [0.15, 0.2) is 0 Å². The van der Waals surface area contributed by atoms with Crippen molar-refractivity contribution in [1.29, 1.82) is 0 Å². The summed E-state index contributed by atoms with van der Waals surface area (Å²) < 4.78 is 1.59. The molecule has 1 aliphatic heterocycles. The molecule has 6 nitrogen and oxygen atoms in total. The monoisotopic (exact) mass is 312 g/mol. The molecule has 0 aliphatic carbocycles. The van der Waals surface area contributed by atoms with E-state index in [2.05, 4.69) is 51.2 Å². The van der Waals surface area contributed by atoms with Crippen molar-refractivity contribution < 1.29 is 0 Å². The summed E-state index contributed by atoms with van der Waals surface area (Å²) in [5, 5.41) is 4.35. The van der Waals surface area contributed by atoms with E-state index in [1.54, 1.807) is 10.9 Å². The maximum absolute atomic E-state index is 5.78. The van der Waals surface area contributed by atoms with Gasteiger partial charge < -0.3 is 15.5 Å². The van der Waals surface area contributed by atoms with E-state index in [0.717, 1.165) is 30.9 Å². The number of nitrogens with zero attached hydrogens (tertiary/aromatic N) is 5. The Bertz CT molecular complexity index is 673. The number of anilines is 2. The van der Waals surface area contributed by atoms with Gasteiger partial charge in [0.2, 0.25) is 5.95 Å². The lowest BCUT2D eigenvalue weighted by Gasteiger charge is -2.22. The molecular weight excluding hydrogens is 288 g/mol. The molecule has 23 heavy (non-hydrogen) atoms. The lowest BCUT2D eigenvalue weighted by Crippen LogP contribution is -2.28. The van der Waals surface area contributed by atoms with Gasteiger partial charge in [-0.15, -0.1) is 0 Å². The third kappa shape index (κ3) is 3.90. The van der Waals surface area contributed by atoms with Gasteiger partial charge in [0.25, 0.3) is 0 Å². The summed E-state index contributed by atoms with van der Waals surface area (Å²) in [5.74, 6) is 0.407. The average Bonchev–Trinajstić information content (AvgIpc) is 2.72. The van der Waals surface area contributed by atoms with Crippen LogP contribution in [-0.4, -0.2) is 54.0 Å². The van der Waals surface area contributed by atoms with Gasteiger partial charge in [-0.25, -0.2) is 9.66 Å². The fraction of sp³-hybridized carbons (Fsp3) is 0.412. The highest BCUT2D eigenvalue weighted by Gasteiger charge is 2.12. The highest BCUT2D eigenvalue weighted by molar-refractivity contribution is 5.80. The number of rotatable bonds is 3. The Balaban J connectivity index is 1.68. The minimum absolute atomic E-state index is 0.407. The zero-order chi connectivity index (χ0) is 16.2. The SMILES string of the molecule is Cc1cn(N=Cc2ccc(N3CCCN(C)CC3)cc2)c(N)n1. The van der Waals surface area contributed by atoms with E-state index < -0.39 is 0 Å². The number of benzene rings is 1. The van der Waals surface area contributed by atoms with Crippen LogP contribution >= 0.6 is 0 Å². The average molecular weight is 312 g/mol. The van der Waals surface area contributed by atoms with Crippen molar-refractivity contribution in [2.45, 2.75) is 13.3 Å². The molecule has 0 bridgehead atoms. The molecule has 0 spiro atoms. The van der Waals surface area contributed by atoms with Crippen LogP contribution in [0.5, 0.6) is 0 Å². The fourth-order valence-electron chi connectivity index (χ4n) is 2.80. The van der Waals surface area contributed by atoms with Crippen LogP contribution < -0.4 is 10.6 Å². The Morgan fingerprint density at radius 1 is 1.13 bits per heavy atom. The van der Waals surface area contributed by atoms with Gasteiger partial charge in [-0.05, 0) is 44.6 Å². The first-order valence-corrected chi connectivity index (χ1v) is 8.01. The molecule has 2 aromatic rings. The number of aryl methyl sites for hydroxylation is 1. The third-order valence-electron chi connectivity index (χ3n) is 4.14. The van der Waals surface area contributed by atoms with Crippen LogP contribution in [0.3, 0.4) is 0 Å². The molecule has 1 aromatic heterocycles. The van der Waals surface area contributed by atoms with E-state index in [-0.39, 0.29) is 0 Å².